The van der Waals surface area contributed by atoms with Gasteiger partial charge >= 0.3 is 0 Å². The first-order valence-electron chi connectivity index (χ1n) is 6.80. The average Bonchev–Trinajstić information content (AvgIpc) is 2.32. The highest BCUT2D eigenvalue weighted by Crippen LogP contribution is 2.33. The zero-order chi connectivity index (χ0) is 14.9. The summed E-state index contributed by atoms with van der Waals surface area (Å²) in [6, 6.07) is 4.89. The molecule has 0 saturated heterocycles. The minimum atomic E-state index is -3.64. The number of halogens is 1. The van der Waals surface area contributed by atoms with Crippen LogP contribution in [0.1, 0.15) is 31.7 Å². The quantitative estimate of drug-likeness (QED) is 0.876. The van der Waals surface area contributed by atoms with Crippen LogP contribution in [0, 0.1) is 12.8 Å². The van der Waals surface area contributed by atoms with Crippen molar-refractivity contribution in [3.63, 3.8) is 0 Å². The monoisotopic (exact) mass is 317 g/mol. The van der Waals surface area contributed by atoms with Gasteiger partial charge in [-0.1, -0.05) is 30.7 Å². The van der Waals surface area contributed by atoms with E-state index < -0.39 is 10.0 Å². The number of aryl methyl sites for hydroxylation is 1. The van der Waals surface area contributed by atoms with Gasteiger partial charge in [0, 0.05) is 6.04 Å². The van der Waals surface area contributed by atoms with E-state index in [1.807, 2.05) is 6.92 Å². The molecule has 1 saturated carbocycles. The van der Waals surface area contributed by atoms with E-state index in [1.54, 1.807) is 25.1 Å². The standard InChI is InChI=1S/C14H20ClNO3S/c1-3-13(10-7-11(17)8-10)16-20(18,19)14-9(2)5-4-6-12(14)15/h4-6,10-11,13,16-17H,3,7-8H2,1-2H3. The fourth-order valence-electron chi connectivity index (χ4n) is 2.69. The molecule has 0 spiro atoms. The summed E-state index contributed by atoms with van der Waals surface area (Å²) in [4.78, 5) is 0.153. The highest BCUT2D eigenvalue weighted by molar-refractivity contribution is 7.89. The third kappa shape index (κ3) is 3.17. The van der Waals surface area contributed by atoms with E-state index in [0.717, 1.165) is 0 Å². The maximum atomic E-state index is 12.5. The van der Waals surface area contributed by atoms with Crippen LogP contribution in [0.5, 0.6) is 0 Å². The lowest BCUT2D eigenvalue weighted by molar-refractivity contribution is 0.0277. The highest BCUT2D eigenvalue weighted by Gasteiger charge is 2.35. The van der Waals surface area contributed by atoms with Gasteiger partial charge in [0.15, 0.2) is 0 Å². The van der Waals surface area contributed by atoms with E-state index in [4.69, 9.17) is 11.6 Å². The molecule has 2 N–H and O–H groups in total. The molecule has 0 aliphatic heterocycles. The van der Waals surface area contributed by atoms with Crippen LogP contribution in [0.2, 0.25) is 5.02 Å². The van der Waals surface area contributed by atoms with Gasteiger partial charge < -0.3 is 5.11 Å². The molecule has 1 aliphatic rings. The predicted octanol–water partition coefficient (Wildman–Crippen LogP) is 2.48. The van der Waals surface area contributed by atoms with Crippen LogP contribution < -0.4 is 4.72 Å². The molecule has 4 nitrogen and oxygen atoms in total. The molecule has 1 aliphatic carbocycles. The normalized spacial score (nSPS) is 24.2. The van der Waals surface area contributed by atoms with Gasteiger partial charge in [-0.15, -0.1) is 0 Å². The van der Waals surface area contributed by atoms with Gasteiger partial charge in [0.1, 0.15) is 4.90 Å². The van der Waals surface area contributed by atoms with Crippen molar-refractivity contribution in [2.75, 3.05) is 0 Å². The summed E-state index contributed by atoms with van der Waals surface area (Å²) in [5.74, 6) is 0.201. The summed E-state index contributed by atoms with van der Waals surface area (Å²) in [5, 5.41) is 9.61. The summed E-state index contributed by atoms with van der Waals surface area (Å²) in [5.41, 5.74) is 0.633. The van der Waals surface area contributed by atoms with Crippen LogP contribution in [0.3, 0.4) is 0 Å². The SMILES string of the molecule is CCC(NS(=O)(=O)c1c(C)cccc1Cl)C1CC(O)C1. The van der Waals surface area contributed by atoms with Gasteiger partial charge in [0.25, 0.3) is 0 Å². The fraction of sp³-hybridized carbons (Fsp3) is 0.571. The van der Waals surface area contributed by atoms with Crippen molar-refractivity contribution in [3.05, 3.63) is 28.8 Å². The second-order valence-electron chi connectivity index (χ2n) is 5.41. The Bertz CT molecular complexity index is 562. The van der Waals surface area contributed by atoms with Crippen molar-refractivity contribution in [3.8, 4) is 0 Å². The van der Waals surface area contributed by atoms with E-state index in [0.29, 0.717) is 24.8 Å². The summed E-state index contributed by atoms with van der Waals surface area (Å²) < 4.78 is 27.8. The summed E-state index contributed by atoms with van der Waals surface area (Å²) in [6.07, 6.45) is 1.71. The molecule has 0 bridgehead atoms. The molecule has 1 aromatic rings. The number of rotatable bonds is 5. The Morgan fingerprint density at radius 2 is 2.10 bits per heavy atom. The van der Waals surface area contributed by atoms with Gasteiger partial charge in [0.2, 0.25) is 10.0 Å². The smallest absolute Gasteiger partial charge is 0.242 e. The van der Waals surface area contributed by atoms with Gasteiger partial charge in [0.05, 0.1) is 11.1 Å². The molecule has 0 heterocycles. The van der Waals surface area contributed by atoms with Crippen LogP contribution in [-0.2, 0) is 10.0 Å². The van der Waals surface area contributed by atoms with E-state index >= 15 is 0 Å². The molecule has 6 heteroatoms. The second kappa shape index (κ2) is 6.02. The van der Waals surface area contributed by atoms with Crippen LogP contribution in [-0.4, -0.2) is 25.7 Å². The van der Waals surface area contributed by atoms with Crippen molar-refractivity contribution in [2.45, 2.75) is 50.2 Å². The van der Waals surface area contributed by atoms with Crippen molar-refractivity contribution < 1.29 is 13.5 Å². The molecular formula is C14H20ClNO3S. The molecule has 1 unspecified atom stereocenters. The van der Waals surface area contributed by atoms with E-state index in [2.05, 4.69) is 4.72 Å². The fourth-order valence-corrected chi connectivity index (χ4v) is 4.91. The van der Waals surface area contributed by atoms with Crippen molar-refractivity contribution in [1.82, 2.24) is 4.72 Å². The molecule has 0 amide bonds. The Kier molecular flexibility index (Phi) is 4.74. The van der Waals surface area contributed by atoms with Gasteiger partial charge in [-0.2, -0.15) is 0 Å². The summed E-state index contributed by atoms with van der Waals surface area (Å²) in [6.45, 7) is 3.67. The molecular weight excluding hydrogens is 298 g/mol. The Morgan fingerprint density at radius 3 is 2.60 bits per heavy atom. The lowest BCUT2D eigenvalue weighted by atomic mass is 9.77. The van der Waals surface area contributed by atoms with E-state index in [9.17, 15) is 13.5 Å². The van der Waals surface area contributed by atoms with Crippen LogP contribution in [0.4, 0.5) is 0 Å². The molecule has 2 rings (SSSR count). The molecule has 0 aromatic heterocycles. The van der Waals surface area contributed by atoms with Crippen molar-refractivity contribution >= 4 is 21.6 Å². The molecule has 1 atom stereocenters. The number of benzene rings is 1. The van der Waals surface area contributed by atoms with Crippen LogP contribution >= 0.6 is 11.6 Å². The minimum absolute atomic E-state index is 0.153. The first kappa shape index (κ1) is 15.8. The van der Waals surface area contributed by atoms with Crippen molar-refractivity contribution in [2.24, 2.45) is 5.92 Å². The molecule has 1 aromatic carbocycles. The number of nitrogens with one attached hydrogen (secondary N) is 1. The van der Waals surface area contributed by atoms with Gasteiger partial charge in [-0.3, -0.25) is 0 Å². The molecule has 0 radical (unpaired) electrons. The Labute approximate surface area is 125 Å². The van der Waals surface area contributed by atoms with Crippen molar-refractivity contribution in [1.29, 1.82) is 0 Å². The summed E-state index contributed by atoms with van der Waals surface area (Å²) in [7, 11) is -3.64. The number of aliphatic hydroxyl groups is 1. The third-order valence-corrected chi connectivity index (χ3v) is 6.02. The maximum absolute atomic E-state index is 12.5. The molecule has 20 heavy (non-hydrogen) atoms. The van der Waals surface area contributed by atoms with Crippen LogP contribution in [0.15, 0.2) is 23.1 Å². The number of hydrogen-bond donors (Lipinski definition) is 2. The summed E-state index contributed by atoms with van der Waals surface area (Å²) >= 11 is 6.03. The Balaban J connectivity index is 2.22. The highest BCUT2D eigenvalue weighted by atomic mass is 35.5. The van der Waals surface area contributed by atoms with E-state index in [-0.39, 0.29) is 28.0 Å². The molecule has 112 valence electrons. The first-order valence-corrected chi connectivity index (χ1v) is 8.66. The lowest BCUT2D eigenvalue weighted by Gasteiger charge is -2.37. The largest absolute Gasteiger partial charge is 0.393 e. The van der Waals surface area contributed by atoms with Gasteiger partial charge in [-0.25, -0.2) is 13.1 Å². The lowest BCUT2D eigenvalue weighted by Crippen LogP contribution is -2.46. The topological polar surface area (TPSA) is 66.4 Å². The van der Waals surface area contributed by atoms with Gasteiger partial charge in [-0.05, 0) is 43.7 Å². The van der Waals surface area contributed by atoms with Crippen LogP contribution in [0.25, 0.3) is 0 Å². The minimum Gasteiger partial charge on any atom is -0.393 e. The number of aliphatic hydroxyl groups excluding tert-OH is 1. The predicted molar refractivity (Wildman–Crippen MR) is 79.3 cm³/mol. The zero-order valence-corrected chi connectivity index (χ0v) is 13.2. The Morgan fingerprint density at radius 1 is 1.45 bits per heavy atom. The maximum Gasteiger partial charge on any atom is 0.242 e. The first-order chi connectivity index (χ1) is 9.35. The number of hydrogen-bond acceptors (Lipinski definition) is 3. The van der Waals surface area contributed by atoms with E-state index in [1.165, 1.54) is 0 Å². The third-order valence-electron chi connectivity index (χ3n) is 3.90. The zero-order valence-electron chi connectivity index (χ0n) is 11.6. The molecule has 1 fully saturated rings. The number of sulfonamides is 1. The Hall–Kier alpha value is -0.620. The average molecular weight is 318 g/mol. The second-order valence-corrected chi connectivity index (χ2v) is 7.47.